The monoisotopic (exact) mass is 755 g/mol. The molecule has 0 rings (SSSR count). The number of hydrogen-bond donors (Lipinski definition) is 1. The third kappa shape index (κ3) is 37.7. The molecule has 0 aliphatic rings. The van der Waals surface area contributed by atoms with Crippen molar-refractivity contribution in [2.24, 2.45) is 0 Å². The van der Waals surface area contributed by atoms with Crippen LogP contribution in [0.2, 0.25) is 0 Å². The van der Waals surface area contributed by atoms with Gasteiger partial charge in [-0.05, 0) is 70.6 Å². The minimum Gasteiger partial charge on any atom is -0.462 e. The minimum atomic E-state index is -4.38. The molecule has 0 bridgehead atoms. The van der Waals surface area contributed by atoms with E-state index < -0.39 is 32.5 Å². The predicted octanol–water partition coefficient (Wildman–Crippen LogP) is 11.1. The van der Waals surface area contributed by atoms with Gasteiger partial charge in [-0.25, -0.2) is 4.57 Å². The lowest BCUT2D eigenvalue weighted by Gasteiger charge is -2.24. The van der Waals surface area contributed by atoms with Gasteiger partial charge in [-0.15, -0.1) is 0 Å². The van der Waals surface area contributed by atoms with Crippen LogP contribution in [0.25, 0.3) is 0 Å². The molecule has 2 unspecified atom stereocenters. The van der Waals surface area contributed by atoms with Crippen molar-refractivity contribution in [3.63, 3.8) is 0 Å². The number of likely N-dealkylation sites (N-methyl/N-ethyl adjacent to an activating group) is 1. The number of phosphoric acid groups is 1. The lowest BCUT2D eigenvalue weighted by atomic mass is 10.1. The van der Waals surface area contributed by atoms with Crippen molar-refractivity contribution >= 4 is 19.8 Å². The zero-order valence-corrected chi connectivity index (χ0v) is 34.7. The summed E-state index contributed by atoms with van der Waals surface area (Å²) in [5.74, 6) is -0.873. The summed E-state index contributed by atoms with van der Waals surface area (Å²) in [6.45, 7) is 4.29. The number of phosphoric ester groups is 1. The molecule has 52 heavy (non-hydrogen) atoms. The second-order valence-corrected chi connectivity index (χ2v) is 16.1. The smallest absolute Gasteiger partial charge is 0.462 e. The lowest BCUT2D eigenvalue weighted by Crippen LogP contribution is -2.37. The molecule has 0 spiro atoms. The minimum absolute atomic E-state index is 0.0205. The van der Waals surface area contributed by atoms with Gasteiger partial charge in [0.05, 0.1) is 27.7 Å². The molecule has 1 N–H and O–H groups in total. The molecular weight excluding hydrogens is 677 g/mol. The Morgan fingerprint density at radius 2 is 1.06 bits per heavy atom. The fourth-order valence-corrected chi connectivity index (χ4v) is 5.82. The average molecular weight is 755 g/mol. The second-order valence-electron chi connectivity index (χ2n) is 14.7. The summed E-state index contributed by atoms with van der Waals surface area (Å²) in [5.41, 5.74) is 0. The molecule has 0 heterocycles. The number of ether oxygens (including phenoxy) is 2. The maximum atomic E-state index is 12.6. The van der Waals surface area contributed by atoms with Crippen molar-refractivity contribution in [3.8, 4) is 0 Å². The second kappa shape index (κ2) is 34.7. The van der Waals surface area contributed by atoms with E-state index in [1.165, 1.54) is 57.8 Å². The number of quaternary nitrogens is 1. The number of carbonyl (C=O) groups excluding carboxylic acids is 2. The van der Waals surface area contributed by atoms with Gasteiger partial charge in [-0.3, -0.25) is 18.6 Å². The number of hydrogen-bond acceptors (Lipinski definition) is 7. The quantitative estimate of drug-likeness (QED) is 0.0221. The summed E-state index contributed by atoms with van der Waals surface area (Å²) < 4.78 is 34.1. The molecule has 0 amide bonds. The molecule has 0 aromatic heterocycles. The van der Waals surface area contributed by atoms with Crippen LogP contribution >= 0.6 is 7.82 Å². The summed E-state index contributed by atoms with van der Waals surface area (Å²) >= 11 is 0. The highest BCUT2D eigenvalue weighted by Gasteiger charge is 2.27. The molecule has 0 aromatic carbocycles. The zero-order chi connectivity index (χ0) is 38.6. The third-order valence-electron chi connectivity index (χ3n) is 8.33. The van der Waals surface area contributed by atoms with Gasteiger partial charge >= 0.3 is 19.8 Å². The molecular formula is C42H77NO8P+. The fourth-order valence-electron chi connectivity index (χ4n) is 5.08. The van der Waals surface area contributed by atoms with Gasteiger partial charge in [0.1, 0.15) is 19.8 Å². The Bertz CT molecular complexity index is 1030. The van der Waals surface area contributed by atoms with E-state index >= 15 is 0 Å². The first-order chi connectivity index (χ1) is 25.0. The van der Waals surface area contributed by atoms with Crippen LogP contribution in [0.3, 0.4) is 0 Å². The van der Waals surface area contributed by atoms with Crippen LogP contribution in [0.4, 0.5) is 0 Å². The Kier molecular flexibility index (Phi) is 33.4. The highest BCUT2D eigenvalue weighted by molar-refractivity contribution is 7.47. The van der Waals surface area contributed by atoms with Crippen molar-refractivity contribution < 1.29 is 42.1 Å². The molecule has 0 aliphatic heterocycles. The standard InChI is InChI=1S/C42H76NO8P/c1-6-8-10-12-14-16-18-20-21-23-24-26-28-30-32-34-41(44)48-38-40(39-50-52(46,47)49-37-36-43(3,4)5)51-42(45)35-33-31-29-27-25-22-19-17-15-13-11-9-7-2/h14,16,19-22,27,29,40H,6-13,15,17-18,23-26,28,30-39H2,1-5H3/p+1/b16-14-,21-20-,22-19-,29-27-. The van der Waals surface area contributed by atoms with E-state index in [1.807, 2.05) is 21.1 Å². The van der Waals surface area contributed by atoms with E-state index in [2.05, 4.69) is 62.5 Å². The number of allylic oxidation sites excluding steroid dienone is 8. The molecule has 2 atom stereocenters. The van der Waals surface area contributed by atoms with Gasteiger partial charge in [0, 0.05) is 12.8 Å². The summed E-state index contributed by atoms with van der Waals surface area (Å²) in [7, 11) is 1.44. The van der Waals surface area contributed by atoms with Gasteiger partial charge in [0.15, 0.2) is 6.10 Å². The zero-order valence-electron chi connectivity index (χ0n) is 33.8. The van der Waals surface area contributed by atoms with Crippen LogP contribution in [0.5, 0.6) is 0 Å². The SMILES string of the molecule is CCCCC/C=C\C/C=C\CCCCCCCC(=O)OCC(COP(=O)(O)OCC[N+](C)(C)C)OC(=O)CCC/C=C\C/C=C\CCCCCCC. The molecule has 0 aromatic rings. The Hall–Kier alpha value is -2.03. The maximum absolute atomic E-state index is 12.6. The highest BCUT2D eigenvalue weighted by Crippen LogP contribution is 2.43. The van der Waals surface area contributed by atoms with Crippen LogP contribution in [0.1, 0.15) is 155 Å². The van der Waals surface area contributed by atoms with E-state index in [4.69, 9.17) is 18.5 Å². The summed E-state index contributed by atoms with van der Waals surface area (Å²) in [5, 5.41) is 0. The fraction of sp³-hybridized carbons (Fsp3) is 0.762. The van der Waals surface area contributed by atoms with E-state index in [0.29, 0.717) is 23.9 Å². The Balaban J connectivity index is 4.50. The van der Waals surface area contributed by atoms with Crippen molar-refractivity contribution in [1.82, 2.24) is 0 Å². The van der Waals surface area contributed by atoms with Crippen molar-refractivity contribution in [3.05, 3.63) is 48.6 Å². The molecule has 0 radical (unpaired) electrons. The van der Waals surface area contributed by atoms with Gasteiger partial charge in [-0.2, -0.15) is 0 Å². The van der Waals surface area contributed by atoms with E-state index in [0.717, 1.165) is 57.8 Å². The first kappa shape index (κ1) is 50.0. The van der Waals surface area contributed by atoms with Gasteiger partial charge in [0.25, 0.3) is 0 Å². The number of carbonyl (C=O) groups is 2. The molecule has 0 saturated carbocycles. The molecule has 9 nitrogen and oxygen atoms in total. The van der Waals surface area contributed by atoms with E-state index in [9.17, 15) is 19.0 Å². The number of unbranched alkanes of at least 4 members (excludes halogenated alkanes) is 14. The van der Waals surface area contributed by atoms with Crippen LogP contribution < -0.4 is 0 Å². The lowest BCUT2D eigenvalue weighted by molar-refractivity contribution is -0.870. The average Bonchev–Trinajstić information content (AvgIpc) is 3.09. The Morgan fingerprint density at radius 1 is 0.596 bits per heavy atom. The van der Waals surface area contributed by atoms with E-state index in [-0.39, 0.29) is 26.1 Å². The predicted molar refractivity (Wildman–Crippen MR) is 215 cm³/mol. The number of rotatable bonds is 36. The number of esters is 2. The van der Waals surface area contributed by atoms with Gasteiger partial charge in [0.2, 0.25) is 0 Å². The van der Waals surface area contributed by atoms with Crippen molar-refractivity contribution in [2.75, 3.05) is 47.5 Å². The van der Waals surface area contributed by atoms with Crippen LogP contribution in [-0.2, 0) is 32.7 Å². The summed E-state index contributed by atoms with van der Waals surface area (Å²) in [6.07, 6.45) is 38.8. The molecule has 0 aliphatic carbocycles. The molecule has 10 heteroatoms. The topological polar surface area (TPSA) is 108 Å². The first-order valence-corrected chi connectivity index (χ1v) is 21.9. The largest absolute Gasteiger partial charge is 0.472 e. The molecule has 0 saturated heterocycles. The summed E-state index contributed by atoms with van der Waals surface area (Å²) in [6, 6.07) is 0. The normalized spacial score (nSPS) is 14.2. The third-order valence-corrected chi connectivity index (χ3v) is 9.32. The maximum Gasteiger partial charge on any atom is 0.472 e. The van der Waals surface area contributed by atoms with Crippen LogP contribution in [0.15, 0.2) is 48.6 Å². The van der Waals surface area contributed by atoms with Gasteiger partial charge < -0.3 is 18.9 Å². The Labute approximate surface area is 318 Å². The van der Waals surface area contributed by atoms with Crippen molar-refractivity contribution in [2.45, 2.75) is 161 Å². The van der Waals surface area contributed by atoms with Crippen LogP contribution in [-0.4, -0.2) is 74.9 Å². The van der Waals surface area contributed by atoms with Crippen LogP contribution in [0, 0.1) is 0 Å². The molecule has 0 fully saturated rings. The summed E-state index contributed by atoms with van der Waals surface area (Å²) in [4.78, 5) is 35.2. The molecule has 302 valence electrons. The highest BCUT2D eigenvalue weighted by atomic mass is 31.2. The first-order valence-electron chi connectivity index (χ1n) is 20.4. The number of nitrogens with zero attached hydrogens (tertiary/aromatic N) is 1. The van der Waals surface area contributed by atoms with Gasteiger partial charge in [-0.1, -0.05) is 120 Å². The van der Waals surface area contributed by atoms with E-state index in [1.54, 1.807) is 0 Å². The van der Waals surface area contributed by atoms with Crippen molar-refractivity contribution in [1.29, 1.82) is 0 Å². The Morgan fingerprint density at radius 3 is 1.62 bits per heavy atom.